The van der Waals surface area contributed by atoms with Gasteiger partial charge < -0.3 is 20.1 Å². The fourth-order valence-corrected chi connectivity index (χ4v) is 3.49. The summed E-state index contributed by atoms with van der Waals surface area (Å²) in [5.74, 6) is 0.946. The second-order valence-corrected chi connectivity index (χ2v) is 6.95. The van der Waals surface area contributed by atoms with Crippen LogP contribution in [-0.4, -0.2) is 25.1 Å². The van der Waals surface area contributed by atoms with Crippen LogP contribution in [0.2, 0.25) is 0 Å². The number of rotatable bonds is 6. The van der Waals surface area contributed by atoms with Crippen molar-refractivity contribution >= 4 is 33.8 Å². The maximum Gasteiger partial charge on any atom is 0.267 e. The van der Waals surface area contributed by atoms with Gasteiger partial charge in [0.15, 0.2) is 16.6 Å². The summed E-state index contributed by atoms with van der Waals surface area (Å²) in [5.41, 5.74) is 3.39. The Kier molecular flexibility index (Phi) is 5.61. The lowest BCUT2D eigenvalue weighted by Crippen LogP contribution is -2.11. The highest BCUT2D eigenvalue weighted by molar-refractivity contribution is 7.17. The minimum atomic E-state index is -0.213. The SMILES string of the molecule is COc1ccc(NC(=O)c2sc(Nc3cccc(C)c3)nc2C)cc1OC. The molecule has 3 aromatic rings. The van der Waals surface area contributed by atoms with Gasteiger partial charge in [-0.05, 0) is 43.7 Å². The van der Waals surface area contributed by atoms with Crippen LogP contribution in [0.4, 0.5) is 16.5 Å². The number of ether oxygens (including phenoxy) is 2. The predicted molar refractivity (Wildman–Crippen MR) is 109 cm³/mol. The highest BCUT2D eigenvalue weighted by atomic mass is 32.1. The topological polar surface area (TPSA) is 72.5 Å². The molecule has 0 bridgehead atoms. The van der Waals surface area contributed by atoms with E-state index in [0.717, 1.165) is 11.3 Å². The van der Waals surface area contributed by atoms with Gasteiger partial charge in [0.2, 0.25) is 0 Å². The Morgan fingerprint density at radius 1 is 1.00 bits per heavy atom. The second-order valence-electron chi connectivity index (χ2n) is 5.95. The molecule has 1 heterocycles. The first-order valence-electron chi connectivity index (χ1n) is 8.34. The second kappa shape index (κ2) is 8.09. The maximum absolute atomic E-state index is 12.7. The monoisotopic (exact) mass is 383 g/mol. The van der Waals surface area contributed by atoms with E-state index < -0.39 is 0 Å². The molecule has 0 radical (unpaired) electrons. The van der Waals surface area contributed by atoms with Gasteiger partial charge in [0.05, 0.1) is 19.9 Å². The molecule has 0 saturated heterocycles. The molecule has 2 aromatic carbocycles. The number of nitrogens with one attached hydrogen (secondary N) is 2. The minimum absolute atomic E-state index is 0.213. The normalized spacial score (nSPS) is 10.4. The summed E-state index contributed by atoms with van der Waals surface area (Å²) in [4.78, 5) is 17.7. The Morgan fingerprint density at radius 3 is 2.48 bits per heavy atom. The largest absolute Gasteiger partial charge is 0.493 e. The molecule has 0 atom stereocenters. The summed E-state index contributed by atoms with van der Waals surface area (Å²) in [5, 5.41) is 6.80. The van der Waals surface area contributed by atoms with Crippen molar-refractivity contribution in [2.45, 2.75) is 13.8 Å². The maximum atomic E-state index is 12.7. The van der Waals surface area contributed by atoms with Gasteiger partial charge in [-0.15, -0.1) is 0 Å². The van der Waals surface area contributed by atoms with Crippen molar-refractivity contribution in [2.24, 2.45) is 0 Å². The van der Waals surface area contributed by atoms with E-state index in [-0.39, 0.29) is 5.91 Å². The predicted octanol–water partition coefficient (Wildman–Crippen LogP) is 4.77. The number of anilines is 3. The zero-order valence-corrected chi connectivity index (χ0v) is 16.4. The Labute approximate surface area is 162 Å². The van der Waals surface area contributed by atoms with Crippen LogP contribution in [0.25, 0.3) is 0 Å². The Hall–Kier alpha value is -3.06. The first-order chi connectivity index (χ1) is 13.0. The third kappa shape index (κ3) is 4.38. The van der Waals surface area contributed by atoms with Crippen LogP contribution >= 0.6 is 11.3 Å². The molecule has 140 valence electrons. The van der Waals surface area contributed by atoms with Gasteiger partial charge in [0.25, 0.3) is 5.91 Å². The molecule has 27 heavy (non-hydrogen) atoms. The van der Waals surface area contributed by atoms with Gasteiger partial charge >= 0.3 is 0 Å². The number of nitrogens with zero attached hydrogens (tertiary/aromatic N) is 1. The number of hydrogen-bond acceptors (Lipinski definition) is 6. The Morgan fingerprint density at radius 2 is 1.78 bits per heavy atom. The molecular formula is C20H21N3O3S. The molecule has 6 nitrogen and oxygen atoms in total. The molecule has 0 fully saturated rings. The van der Waals surface area contributed by atoms with Gasteiger partial charge in [0.1, 0.15) is 4.88 Å². The van der Waals surface area contributed by atoms with Gasteiger partial charge in [-0.25, -0.2) is 4.98 Å². The molecule has 3 rings (SSSR count). The van der Waals surface area contributed by atoms with E-state index in [9.17, 15) is 4.79 Å². The highest BCUT2D eigenvalue weighted by Gasteiger charge is 2.16. The van der Waals surface area contributed by atoms with Crippen LogP contribution in [0.15, 0.2) is 42.5 Å². The van der Waals surface area contributed by atoms with Gasteiger partial charge in [0, 0.05) is 17.4 Å². The minimum Gasteiger partial charge on any atom is -0.493 e. The fraction of sp³-hybridized carbons (Fsp3) is 0.200. The molecule has 1 aromatic heterocycles. The van der Waals surface area contributed by atoms with E-state index in [1.807, 2.05) is 38.1 Å². The lowest BCUT2D eigenvalue weighted by Gasteiger charge is -2.10. The molecule has 0 saturated carbocycles. The van der Waals surface area contributed by atoms with Gasteiger partial charge in [-0.2, -0.15) is 0 Å². The Balaban J connectivity index is 1.76. The summed E-state index contributed by atoms with van der Waals surface area (Å²) in [6, 6.07) is 13.2. The number of aromatic nitrogens is 1. The first-order valence-corrected chi connectivity index (χ1v) is 9.16. The molecule has 0 unspecified atom stereocenters. The van der Waals surface area contributed by atoms with Crippen LogP contribution in [0, 0.1) is 13.8 Å². The van der Waals surface area contributed by atoms with Crippen molar-refractivity contribution in [2.75, 3.05) is 24.9 Å². The van der Waals surface area contributed by atoms with Crippen molar-refractivity contribution in [3.63, 3.8) is 0 Å². The van der Waals surface area contributed by atoms with E-state index in [1.165, 1.54) is 11.3 Å². The van der Waals surface area contributed by atoms with Crippen molar-refractivity contribution in [1.82, 2.24) is 4.98 Å². The van der Waals surface area contributed by atoms with Gasteiger partial charge in [-0.3, -0.25) is 4.79 Å². The third-order valence-corrected chi connectivity index (χ3v) is 4.99. The van der Waals surface area contributed by atoms with Crippen LogP contribution in [0.3, 0.4) is 0 Å². The van der Waals surface area contributed by atoms with Crippen molar-refractivity contribution in [1.29, 1.82) is 0 Å². The van der Waals surface area contributed by atoms with E-state index >= 15 is 0 Å². The van der Waals surface area contributed by atoms with Crippen molar-refractivity contribution < 1.29 is 14.3 Å². The molecule has 0 aliphatic rings. The number of benzene rings is 2. The van der Waals surface area contributed by atoms with E-state index in [4.69, 9.17) is 9.47 Å². The fourth-order valence-electron chi connectivity index (χ4n) is 2.61. The van der Waals surface area contributed by atoms with Gasteiger partial charge in [-0.1, -0.05) is 23.5 Å². The van der Waals surface area contributed by atoms with Crippen LogP contribution in [0.1, 0.15) is 20.9 Å². The lowest BCUT2D eigenvalue weighted by molar-refractivity contribution is 0.103. The van der Waals surface area contributed by atoms with Crippen LogP contribution < -0.4 is 20.1 Å². The molecule has 7 heteroatoms. The number of methoxy groups -OCH3 is 2. The van der Waals surface area contributed by atoms with E-state index in [0.29, 0.717) is 32.9 Å². The summed E-state index contributed by atoms with van der Waals surface area (Å²) in [7, 11) is 3.12. The first kappa shape index (κ1) is 18.7. The summed E-state index contributed by atoms with van der Waals surface area (Å²) in [6.07, 6.45) is 0. The molecule has 0 aliphatic heterocycles. The van der Waals surface area contributed by atoms with Crippen LogP contribution in [-0.2, 0) is 0 Å². The average molecular weight is 383 g/mol. The molecule has 0 spiro atoms. The summed E-state index contributed by atoms with van der Waals surface area (Å²) < 4.78 is 10.5. The Bertz CT molecular complexity index is 969. The summed E-state index contributed by atoms with van der Waals surface area (Å²) >= 11 is 1.31. The standard InChI is InChI=1S/C20H21N3O3S/c1-12-6-5-7-14(10-12)23-20-21-13(2)18(27-20)19(24)22-15-8-9-16(25-3)17(11-15)26-4/h5-11H,1-4H3,(H,21,23)(H,22,24). The van der Waals surface area contributed by atoms with Crippen molar-refractivity contribution in [3.8, 4) is 11.5 Å². The number of hydrogen-bond donors (Lipinski definition) is 2. The quantitative estimate of drug-likeness (QED) is 0.641. The average Bonchev–Trinajstić information content (AvgIpc) is 3.01. The molecule has 1 amide bonds. The zero-order valence-electron chi connectivity index (χ0n) is 15.6. The highest BCUT2D eigenvalue weighted by Crippen LogP contribution is 2.31. The van der Waals surface area contributed by atoms with Crippen LogP contribution in [0.5, 0.6) is 11.5 Å². The van der Waals surface area contributed by atoms with E-state index in [2.05, 4.69) is 15.6 Å². The number of carbonyl (C=O) groups is 1. The lowest BCUT2D eigenvalue weighted by atomic mass is 10.2. The third-order valence-electron chi connectivity index (χ3n) is 3.91. The number of aryl methyl sites for hydroxylation is 2. The summed E-state index contributed by atoms with van der Waals surface area (Å²) in [6.45, 7) is 3.85. The molecule has 0 aliphatic carbocycles. The smallest absolute Gasteiger partial charge is 0.267 e. The zero-order chi connectivity index (χ0) is 19.4. The number of amides is 1. The van der Waals surface area contributed by atoms with Crippen molar-refractivity contribution in [3.05, 3.63) is 58.6 Å². The molecule has 2 N–H and O–H groups in total. The number of thiazole rings is 1. The van der Waals surface area contributed by atoms with E-state index in [1.54, 1.807) is 32.4 Å². The number of carbonyl (C=O) groups excluding carboxylic acids is 1. The molecular weight excluding hydrogens is 362 g/mol.